The summed E-state index contributed by atoms with van der Waals surface area (Å²) >= 11 is 0. The predicted octanol–water partition coefficient (Wildman–Crippen LogP) is 4.53. The fourth-order valence-corrected chi connectivity index (χ4v) is 2.90. The monoisotopic (exact) mass is 395 g/mol. The van der Waals surface area contributed by atoms with Gasteiger partial charge in [-0.15, -0.1) is 0 Å². The zero-order valence-electron chi connectivity index (χ0n) is 17.6. The quantitative estimate of drug-likeness (QED) is 0.210. The third kappa shape index (κ3) is 31.6. The Morgan fingerprint density at radius 1 is 0.692 bits per heavy atom. The molecule has 0 atom stereocenters. The number of unbranched alkanes of at least 4 members (excludes halogenated alkanes) is 15. The van der Waals surface area contributed by atoms with E-state index in [-0.39, 0.29) is 0 Å². The van der Waals surface area contributed by atoms with Gasteiger partial charge >= 0.3 is 0 Å². The van der Waals surface area contributed by atoms with E-state index in [9.17, 15) is 13.0 Å². The molecule has 0 saturated carbocycles. The van der Waals surface area contributed by atoms with Crippen molar-refractivity contribution in [3.63, 3.8) is 0 Å². The Labute approximate surface area is 163 Å². The summed E-state index contributed by atoms with van der Waals surface area (Å²) in [4.78, 5) is 0. The summed E-state index contributed by atoms with van der Waals surface area (Å²) in [5.41, 5.74) is 0. The maximum Gasteiger partial charge on any atom is 0.217 e. The molecule has 0 rings (SSSR count). The van der Waals surface area contributed by atoms with Crippen molar-refractivity contribution >= 4 is 10.4 Å². The number of nitrogens with two attached hydrogens (primary N) is 1. The van der Waals surface area contributed by atoms with E-state index in [1.54, 1.807) is 0 Å². The average molecular weight is 396 g/mol. The molecule has 0 aliphatic heterocycles. The van der Waals surface area contributed by atoms with Crippen LogP contribution in [0.15, 0.2) is 0 Å². The molecule has 0 radical (unpaired) electrons. The lowest BCUT2D eigenvalue weighted by molar-refractivity contribution is -0.627. The van der Waals surface area contributed by atoms with Crippen LogP contribution in [-0.4, -0.2) is 33.7 Å². The Morgan fingerprint density at radius 2 is 0.962 bits per heavy atom. The Hall–Kier alpha value is -0.170. The second kappa shape index (κ2) is 22.9. The molecule has 0 saturated heterocycles. The SMILES string of the molecule is CCCCCCCCCCCCCCCCCC[NH2+]C.COS(=O)(=O)[O-]. The van der Waals surface area contributed by atoms with Gasteiger partial charge in [-0.25, -0.2) is 8.42 Å². The predicted molar refractivity (Wildman–Crippen MR) is 109 cm³/mol. The van der Waals surface area contributed by atoms with Crippen molar-refractivity contribution < 1.29 is 22.5 Å². The zero-order chi connectivity index (χ0) is 19.9. The maximum absolute atomic E-state index is 9.22. The summed E-state index contributed by atoms with van der Waals surface area (Å²) in [5, 5.41) is 2.30. The van der Waals surface area contributed by atoms with Gasteiger partial charge in [-0.3, -0.25) is 4.18 Å². The molecule has 6 heteroatoms. The zero-order valence-corrected chi connectivity index (χ0v) is 18.5. The second-order valence-corrected chi connectivity index (χ2v) is 8.22. The molecule has 0 aliphatic carbocycles. The normalized spacial score (nSPS) is 11.2. The first kappa shape index (κ1) is 28.0. The van der Waals surface area contributed by atoms with Crippen molar-refractivity contribution in [2.75, 3.05) is 20.7 Å². The number of hydrogen-bond acceptors (Lipinski definition) is 4. The van der Waals surface area contributed by atoms with E-state index in [1.807, 2.05) is 0 Å². The lowest BCUT2D eigenvalue weighted by atomic mass is 10.0. The van der Waals surface area contributed by atoms with Crippen molar-refractivity contribution in [1.29, 1.82) is 0 Å². The average Bonchev–Trinajstić information content (AvgIpc) is 2.61. The Balaban J connectivity index is 0. The van der Waals surface area contributed by atoms with E-state index in [0.29, 0.717) is 0 Å². The summed E-state index contributed by atoms with van der Waals surface area (Å²) in [6.07, 6.45) is 23.4. The molecule has 0 aromatic carbocycles. The Morgan fingerprint density at radius 3 is 1.19 bits per heavy atom. The number of hydrogen-bond donors (Lipinski definition) is 1. The molecule has 0 fully saturated rings. The molecule has 0 spiro atoms. The maximum atomic E-state index is 9.22. The van der Waals surface area contributed by atoms with Gasteiger partial charge in [0.25, 0.3) is 0 Å². The topological polar surface area (TPSA) is 83.0 Å². The van der Waals surface area contributed by atoms with Gasteiger partial charge in [0, 0.05) is 0 Å². The van der Waals surface area contributed by atoms with Crippen LogP contribution in [0.25, 0.3) is 0 Å². The summed E-state index contributed by atoms with van der Waals surface area (Å²) in [6, 6.07) is 0. The van der Waals surface area contributed by atoms with Crippen LogP contribution in [0.2, 0.25) is 0 Å². The van der Waals surface area contributed by atoms with Gasteiger partial charge in [-0.05, 0) is 12.8 Å². The van der Waals surface area contributed by atoms with Gasteiger partial charge in [0.1, 0.15) is 0 Å². The van der Waals surface area contributed by atoms with Crippen molar-refractivity contribution in [1.82, 2.24) is 0 Å². The van der Waals surface area contributed by atoms with Crippen LogP contribution in [0.3, 0.4) is 0 Å². The Kier molecular flexibility index (Phi) is 24.7. The minimum atomic E-state index is -4.41. The smallest absolute Gasteiger partial charge is 0.217 e. The Bertz CT molecular complexity index is 330. The summed E-state index contributed by atoms with van der Waals surface area (Å²) in [7, 11) is -1.43. The van der Waals surface area contributed by atoms with Crippen LogP contribution >= 0.6 is 0 Å². The molecule has 0 aromatic rings. The molecule has 0 heterocycles. The number of quaternary nitrogens is 1. The van der Waals surface area contributed by atoms with Crippen molar-refractivity contribution in [3.05, 3.63) is 0 Å². The van der Waals surface area contributed by atoms with Crippen LogP contribution < -0.4 is 5.32 Å². The molecule has 26 heavy (non-hydrogen) atoms. The number of rotatable bonds is 18. The van der Waals surface area contributed by atoms with Crippen LogP contribution in [0, 0.1) is 0 Å². The first-order valence-electron chi connectivity index (χ1n) is 10.8. The van der Waals surface area contributed by atoms with Crippen LogP contribution in [-0.2, 0) is 14.6 Å². The van der Waals surface area contributed by atoms with Crippen molar-refractivity contribution in [3.8, 4) is 0 Å². The third-order valence-corrected chi connectivity index (χ3v) is 4.96. The first-order chi connectivity index (χ1) is 12.5. The highest BCUT2D eigenvalue weighted by Gasteiger charge is 1.94. The first-order valence-corrected chi connectivity index (χ1v) is 12.1. The molecular weight excluding hydrogens is 350 g/mol. The van der Waals surface area contributed by atoms with E-state index in [4.69, 9.17) is 0 Å². The van der Waals surface area contributed by atoms with E-state index in [0.717, 1.165) is 7.11 Å². The van der Waals surface area contributed by atoms with Gasteiger partial charge in [0.2, 0.25) is 10.4 Å². The van der Waals surface area contributed by atoms with E-state index in [2.05, 4.69) is 23.5 Å². The fourth-order valence-electron chi connectivity index (χ4n) is 2.90. The molecule has 2 N–H and O–H groups in total. The molecule has 160 valence electrons. The van der Waals surface area contributed by atoms with E-state index >= 15 is 0 Å². The highest BCUT2D eigenvalue weighted by Crippen LogP contribution is 2.13. The summed E-state index contributed by atoms with van der Waals surface area (Å²) in [6.45, 7) is 3.61. The molecule has 0 unspecified atom stereocenters. The van der Waals surface area contributed by atoms with Gasteiger partial charge in [0.05, 0.1) is 20.7 Å². The molecule has 5 nitrogen and oxygen atoms in total. The molecular formula is C20H45NO4S. The molecule has 0 aromatic heterocycles. The van der Waals surface area contributed by atoms with Gasteiger partial charge in [-0.1, -0.05) is 96.8 Å². The summed E-state index contributed by atoms with van der Waals surface area (Å²) in [5.74, 6) is 0. The van der Waals surface area contributed by atoms with Crippen LogP contribution in [0.1, 0.15) is 110 Å². The van der Waals surface area contributed by atoms with Gasteiger partial charge in [0.15, 0.2) is 0 Å². The highest BCUT2D eigenvalue weighted by molar-refractivity contribution is 7.80. The minimum Gasteiger partial charge on any atom is -0.726 e. The molecule has 0 aliphatic rings. The second-order valence-electron chi connectivity index (χ2n) is 7.08. The fraction of sp³-hybridized carbons (Fsp3) is 1.00. The highest BCUT2D eigenvalue weighted by atomic mass is 32.3. The third-order valence-electron chi connectivity index (χ3n) is 4.55. The lowest BCUT2D eigenvalue weighted by Crippen LogP contribution is -2.79. The van der Waals surface area contributed by atoms with Crippen molar-refractivity contribution in [2.45, 2.75) is 110 Å². The largest absolute Gasteiger partial charge is 0.726 e. The van der Waals surface area contributed by atoms with E-state index in [1.165, 1.54) is 109 Å². The van der Waals surface area contributed by atoms with E-state index < -0.39 is 10.4 Å². The molecule has 0 amide bonds. The van der Waals surface area contributed by atoms with Gasteiger partial charge in [-0.2, -0.15) is 0 Å². The summed E-state index contributed by atoms with van der Waals surface area (Å²) < 4.78 is 31.0. The lowest BCUT2D eigenvalue weighted by Gasteiger charge is -2.03. The molecule has 0 bridgehead atoms. The van der Waals surface area contributed by atoms with Crippen LogP contribution in [0.5, 0.6) is 0 Å². The van der Waals surface area contributed by atoms with Crippen LogP contribution in [0.4, 0.5) is 0 Å². The van der Waals surface area contributed by atoms with Gasteiger partial charge < -0.3 is 9.87 Å². The standard InChI is InChI=1S/C19H41N.CH4O4S/c1-3-4-5-6-7-8-9-10-11-12-13-14-15-16-17-18-19-20-2;1-5-6(2,3)4/h20H,3-19H2,1-2H3;1H3,(H,2,3,4). The van der Waals surface area contributed by atoms with Crippen molar-refractivity contribution in [2.24, 2.45) is 0 Å². The minimum absolute atomic E-state index is 0.808.